The molecule has 0 saturated carbocycles. The normalized spacial score (nSPS) is 13.8. The largest absolute Gasteiger partial charge is 0.106 e. The van der Waals surface area contributed by atoms with Gasteiger partial charge in [-0.3, -0.25) is 0 Å². The molecule has 0 spiro atoms. The summed E-state index contributed by atoms with van der Waals surface area (Å²) in [6.45, 7) is 10.6. The molecule has 0 radical (unpaired) electrons. The van der Waals surface area contributed by atoms with Gasteiger partial charge in [-0.1, -0.05) is 19.9 Å². The van der Waals surface area contributed by atoms with Crippen LogP contribution in [0.25, 0.3) is 0 Å². The Labute approximate surface area is 60.1 Å². The van der Waals surface area contributed by atoms with E-state index in [0.717, 1.165) is 5.92 Å². The Morgan fingerprint density at radius 3 is 2.44 bits per heavy atom. The lowest BCUT2D eigenvalue weighted by atomic mass is 10.3. The molecule has 1 heteroatoms. The second-order valence-corrected chi connectivity index (χ2v) is 5.35. The molecule has 0 amide bonds. The van der Waals surface area contributed by atoms with Gasteiger partial charge >= 0.3 is 0 Å². The summed E-state index contributed by atoms with van der Waals surface area (Å²) in [5.41, 5.74) is 0. The molecular formula is C8H17P. The van der Waals surface area contributed by atoms with E-state index < -0.39 is 0 Å². The van der Waals surface area contributed by atoms with Crippen molar-refractivity contribution in [3.05, 3.63) is 12.7 Å². The number of allylic oxidation sites excluding steroid dienone is 1. The Bertz CT molecular complexity index is 76.6. The number of rotatable bonds is 4. The molecule has 0 aliphatic rings. The fourth-order valence-electron chi connectivity index (χ4n) is 0.918. The van der Waals surface area contributed by atoms with Crippen LogP contribution in [0.15, 0.2) is 12.7 Å². The van der Waals surface area contributed by atoms with Crippen LogP contribution in [0.3, 0.4) is 0 Å². The monoisotopic (exact) mass is 144 g/mol. The molecular weight excluding hydrogens is 127 g/mol. The highest BCUT2D eigenvalue weighted by atomic mass is 31.1. The molecule has 0 aliphatic heterocycles. The first-order valence-electron chi connectivity index (χ1n) is 3.46. The Kier molecular flexibility index (Phi) is 5.09. The lowest BCUT2D eigenvalue weighted by molar-refractivity contribution is 0.745. The fourth-order valence-corrected chi connectivity index (χ4v) is 2.75. The molecule has 1 atom stereocenters. The van der Waals surface area contributed by atoms with Crippen LogP contribution in [0.4, 0.5) is 0 Å². The summed E-state index contributed by atoms with van der Waals surface area (Å²) in [6.07, 6.45) is 4.66. The van der Waals surface area contributed by atoms with Crippen molar-refractivity contribution in [1.82, 2.24) is 0 Å². The zero-order valence-electron chi connectivity index (χ0n) is 6.72. The van der Waals surface area contributed by atoms with Gasteiger partial charge in [0, 0.05) is 0 Å². The van der Waals surface area contributed by atoms with Gasteiger partial charge in [-0.2, -0.15) is 0 Å². The summed E-state index contributed by atoms with van der Waals surface area (Å²) in [7, 11) is 0.262. The van der Waals surface area contributed by atoms with Crippen molar-refractivity contribution in [3.63, 3.8) is 0 Å². The Morgan fingerprint density at radius 2 is 2.11 bits per heavy atom. The van der Waals surface area contributed by atoms with Crippen molar-refractivity contribution in [2.75, 3.05) is 19.0 Å². The van der Waals surface area contributed by atoms with Crippen LogP contribution in [0.1, 0.15) is 13.8 Å². The molecule has 0 rings (SSSR count). The predicted molar refractivity (Wildman–Crippen MR) is 47.6 cm³/mol. The van der Waals surface area contributed by atoms with E-state index in [2.05, 4.69) is 27.1 Å². The van der Waals surface area contributed by atoms with E-state index in [4.69, 9.17) is 0 Å². The zero-order chi connectivity index (χ0) is 7.28. The maximum atomic E-state index is 3.72. The average Bonchev–Trinajstić information content (AvgIpc) is 1.63. The number of hydrogen-bond donors (Lipinski definition) is 0. The van der Waals surface area contributed by atoms with Crippen molar-refractivity contribution >= 4 is 7.92 Å². The second kappa shape index (κ2) is 4.99. The van der Waals surface area contributed by atoms with E-state index in [1.165, 1.54) is 12.3 Å². The first-order valence-corrected chi connectivity index (χ1v) is 5.62. The quantitative estimate of drug-likeness (QED) is 0.420. The highest BCUT2D eigenvalue weighted by molar-refractivity contribution is 7.57. The lowest BCUT2D eigenvalue weighted by Gasteiger charge is -2.11. The smallest absolute Gasteiger partial charge is 0.0150 e. The molecule has 0 saturated heterocycles. The van der Waals surface area contributed by atoms with Gasteiger partial charge in [0.2, 0.25) is 0 Å². The molecule has 0 aromatic rings. The molecule has 0 aromatic heterocycles. The van der Waals surface area contributed by atoms with Crippen LogP contribution in [-0.4, -0.2) is 19.0 Å². The van der Waals surface area contributed by atoms with Crippen molar-refractivity contribution in [2.45, 2.75) is 13.8 Å². The van der Waals surface area contributed by atoms with Crippen molar-refractivity contribution in [1.29, 1.82) is 0 Å². The molecule has 1 unspecified atom stereocenters. The van der Waals surface area contributed by atoms with E-state index in [1.807, 2.05) is 6.08 Å². The number of hydrogen-bond acceptors (Lipinski definition) is 0. The van der Waals surface area contributed by atoms with E-state index in [0.29, 0.717) is 0 Å². The Morgan fingerprint density at radius 1 is 1.56 bits per heavy atom. The summed E-state index contributed by atoms with van der Waals surface area (Å²) >= 11 is 0. The van der Waals surface area contributed by atoms with Crippen LogP contribution < -0.4 is 0 Å². The molecule has 0 bridgehead atoms. The highest BCUT2D eigenvalue weighted by Gasteiger charge is 2.00. The van der Waals surface area contributed by atoms with Gasteiger partial charge < -0.3 is 0 Å². The first kappa shape index (κ1) is 9.17. The second-order valence-electron chi connectivity index (χ2n) is 2.90. The van der Waals surface area contributed by atoms with Gasteiger partial charge in [0.15, 0.2) is 0 Å². The van der Waals surface area contributed by atoms with Gasteiger partial charge in [-0.15, -0.1) is 14.5 Å². The fraction of sp³-hybridized carbons (Fsp3) is 0.750. The van der Waals surface area contributed by atoms with Crippen LogP contribution in [-0.2, 0) is 0 Å². The summed E-state index contributed by atoms with van der Waals surface area (Å²) < 4.78 is 0. The van der Waals surface area contributed by atoms with Gasteiger partial charge in [0.05, 0.1) is 0 Å². The summed E-state index contributed by atoms with van der Waals surface area (Å²) in [6, 6.07) is 0. The topological polar surface area (TPSA) is 0 Å². The van der Waals surface area contributed by atoms with Crippen LogP contribution in [0.2, 0.25) is 0 Å². The highest BCUT2D eigenvalue weighted by Crippen LogP contribution is 2.32. The van der Waals surface area contributed by atoms with Crippen molar-refractivity contribution in [2.24, 2.45) is 5.92 Å². The molecule has 9 heavy (non-hydrogen) atoms. The first-order chi connectivity index (χ1) is 4.16. The standard InChI is InChI=1S/C8H17P/c1-5-6-9(4)7-8(2)3/h5,8H,1,6-7H2,2-4H3. The minimum atomic E-state index is 0.262. The van der Waals surface area contributed by atoms with Crippen LogP contribution in [0.5, 0.6) is 0 Å². The third kappa shape index (κ3) is 6.05. The summed E-state index contributed by atoms with van der Waals surface area (Å²) in [5, 5.41) is 0. The van der Waals surface area contributed by atoms with Crippen molar-refractivity contribution in [3.8, 4) is 0 Å². The Hall–Kier alpha value is 0.170. The van der Waals surface area contributed by atoms with E-state index in [9.17, 15) is 0 Å². The third-order valence-corrected chi connectivity index (χ3v) is 3.35. The lowest BCUT2D eigenvalue weighted by Crippen LogP contribution is -1.94. The third-order valence-electron chi connectivity index (χ3n) is 1.12. The molecule has 0 aliphatic carbocycles. The van der Waals surface area contributed by atoms with E-state index in [-0.39, 0.29) is 7.92 Å². The molecule has 54 valence electrons. The SMILES string of the molecule is C=CCP(C)CC(C)C. The molecule has 0 fully saturated rings. The molecule has 0 aromatic carbocycles. The molecule has 0 nitrogen and oxygen atoms in total. The van der Waals surface area contributed by atoms with Gasteiger partial charge in [-0.25, -0.2) is 0 Å². The van der Waals surface area contributed by atoms with E-state index in [1.54, 1.807) is 0 Å². The predicted octanol–water partition coefficient (Wildman–Crippen LogP) is 2.94. The van der Waals surface area contributed by atoms with Gasteiger partial charge in [-0.05, 0) is 24.9 Å². The maximum Gasteiger partial charge on any atom is -0.0150 e. The maximum absolute atomic E-state index is 3.72. The Balaban J connectivity index is 3.25. The van der Waals surface area contributed by atoms with Crippen molar-refractivity contribution < 1.29 is 0 Å². The van der Waals surface area contributed by atoms with Gasteiger partial charge in [0.1, 0.15) is 0 Å². The van der Waals surface area contributed by atoms with E-state index >= 15 is 0 Å². The summed E-state index contributed by atoms with van der Waals surface area (Å²) in [5.74, 6) is 0.862. The minimum Gasteiger partial charge on any atom is -0.106 e. The van der Waals surface area contributed by atoms with Crippen LogP contribution in [0, 0.1) is 5.92 Å². The average molecular weight is 144 g/mol. The minimum absolute atomic E-state index is 0.262. The zero-order valence-corrected chi connectivity index (χ0v) is 7.62. The molecule has 0 N–H and O–H groups in total. The van der Waals surface area contributed by atoms with Crippen LogP contribution >= 0.6 is 7.92 Å². The van der Waals surface area contributed by atoms with Gasteiger partial charge in [0.25, 0.3) is 0 Å². The summed E-state index contributed by atoms with van der Waals surface area (Å²) in [4.78, 5) is 0. The molecule has 0 heterocycles.